The third kappa shape index (κ3) is 7.57. The molecule has 8 heteroatoms. The van der Waals surface area contributed by atoms with Crippen molar-refractivity contribution in [3.8, 4) is 0 Å². The molecule has 37 heavy (non-hydrogen) atoms. The summed E-state index contributed by atoms with van der Waals surface area (Å²) in [4.78, 5) is 16.2. The van der Waals surface area contributed by atoms with E-state index < -0.39 is 17.7 Å². The maximum absolute atomic E-state index is 13.8. The Bertz CT molecular complexity index is 1120. The van der Waals surface area contributed by atoms with E-state index in [9.17, 15) is 18.0 Å². The van der Waals surface area contributed by atoms with Crippen molar-refractivity contribution < 1.29 is 27.9 Å². The van der Waals surface area contributed by atoms with E-state index in [2.05, 4.69) is 16.5 Å². The molecule has 200 valence electrons. The predicted molar refractivity (Wildman–Crippen MR) is 137 cm³/mol. The number of oxime groups is 1. The number of rotatable bonds is 11. The number of nitrogens with one attached hydrogen (secondary N) is 1. The minimum Gasteiger partial charge on any atom is -0.481 e. The van der Waals surface area contributed by atoms with Gasteiger partial charge in [-0.2, -0.15) is 13.2 Å². The first-order valence-electron chi connectivity index (χ1n) is 13.1. The monoisotopic (exact) mass is 516 g/mol. The molecular weight excluding hydrogens is 481 g/mol. The first-order valence-corrected chi connectivity index (χ1v) is 13.1. The number of carboxylic acids is 1. The summed E-state index contributed by atoms with van der Waals surface area (Å²) in [6.45, 7) is 2.80. The van der Waals surface area contributed by atoms with Crippen LogP contribution in [0.3, 0.4) is 0 Å². The minimum atomic E-state index is -4.40. The quantitative estimate of drug-likeness (QED) is 0.189. The summed E-state index contributed by atoms with van der Waals surface area (Å²) in [6.07, 6.45) is 2.59. The van der Waals surface area contributed by atoms with E-state index in [0.717, 1.165) is 56.1 Å². The average molecular weight is 517 g/mol. The number of benzene rings is 2. The van der Waals surface area contributed by atoms with E-state index >= 15 is 0 Å². The smallest absolute Gasteiger partial charge is 0.416 e. The van der Waals surface area contributed by atoms with Crippen LogP contribution in [0.25, 0.3) is 0 Å². The van der Waals surface area contributed by atoms with Gasteiger partial charge in [-0.1, -0.05) is 48.7 Å². The molecule has 0 spiro atoms. The molecule has 2 saturated carbocycles. The molecule has 5 nitrogen and oxygen atoms in total. The van der Waals surface area contributed by atoms with Crippen LogP contribution in [-0.2, 0) is 29.0 Å². The molecule has 0 bridgehead atoms. The predicted octanol–water partition coefficient (Wildman–Crippen LogP) is 7.14. The van der Waals surface area contributed by atoms with Crippen molar-refractivity contribution in [2.75, 3.05) is 6.54 Å². The third-order valence-electron chi connectivity index (χ3n) is 7.31. The number of carbonyl (C=O) groups is 1. The van der Waals surface area contributed by atoms with Gasteiger partial charge in [-0.25, -0.2) is 0 Å². The fourth-order valence-electron chi connectivity index (χ4n) is 5.14. The van der Waals surface area contributed by atoms with Gasteiger partial charge >= 0.3 is 12.1 Å². The zero-order chi connectivity index (χ0) is 26.4. The van der Waals surface area contributed by atoms with Gasteiger partial charge in [-0.05, 0) is 84.4 Å². The van der Waals surface area contributed by atoms with Gasteiger partial charge in [0.25, 0.3) is 0 Å². The van der Waals surface area contributed by atoms with Crippen LogP contribution >= 0.6 is 0 Å². The lowest BCUT2D eigenvalue weighted by Gasteiger charge is -2.25. The molecule has 0 heterocycles. The summed E-state index contributed by atoms with van der Waals surface area (Å²) in [6, 6.07) is 10.6. The summed E-state index contributed by atoms with van der Waals surface area (Å²) >= 11 is 0. The average Bonchev–Trinajstić information content (AvgIpc) is 3.72. The van der Waals surface area contributed by atoms with Crippen LogP contribution in [0, 0.1) is 0 Å². The Labute approximate surface area is 216 Å². The fourth-order valence-corrected chi connectivity index (χ4v) is 5.14. The zero-order valence-electron chi connectivity index (χ0n) is 21.2. The molecule has 0 atom stereocenters. The largest absolute Gasteiger partial charge is 0.481 e. The van der Waals surface area contributed by atoms with Gasteiger partial charge in [0.15, 0.2) is 0 Å². The molecule has 2 N–H and O–H groups in total. The number of hydrogen-bond acceptors (Lipinski definition) is 4. The van der Waals surface area contributed by atoms with Crippen molar-refractivity contribution in [1.82, 2.24) is 5.32 Å². The van der Waals surface area contributed by atoms with E-state index in [0.29, 0.717) is 35.8 Å². The van der Waals surface area contributed by atoms with Gasteiger partial charge in [-0.3, -0.25) is 4.79 Å². The summed E-state index contributed by atoms with van der Waals surface area (Å²) in [5.74, 6) is -0.364. The van der Waals surface area contributed by atoms with Crippen LogP contribution in [-0.4, -0.2) is 23.3 Å². The van der Waals surface area contributed by atoms with Gasteiger partial charge in [0.2, 0.25) is 0 Å². The minimum absolute atomic E-state index is 0.0309. The number of alkyl halides is 3. The van der Waals surface area contributed by atoms with E-state index in [1.165, 1.54) is 11.6 Å². The standard InChI is InChI=1S/C29H35F3N2O3/c1-19(23-10-11-24(17-33-14-13-28(35)36)26(16-23)22-8-9-22)34-37-18-20-7-12-25(21-5-3-2-4-6-21)27(15-20)29(30,31)32/h7,10-12,15-16,21-22,33H,2-6,8-9,13-14,17-18H2,1H3,(H,35,36)/b34-19+. The number of halogens is 3. The zero-order valence-corrected chi connectivity index (χ0v) is 21.2. The van der Waals surface area contributed by atoms with Crippen molar-refractivity contribution in [2.45, 2.75) is 89.5 Å². The Kier molecular flexibility index (Phi) is 8.90. The number of hydrogen-bond donors (Lipinski definition) is 2. The van der Waals surface area contributed by atoms with Gasteiger partial charge in [-0.15, -0.1) is 0 Å². The molecule has 0 saturated heterocycles. The van der Waals surface area contributed by atoms with Gasteiger partial charge in [0.1, 0.15) is 6.61 Å². The van der Waals surface area contributed by atoms with Crippen LogP contribution < -0.4 is 5.32 Å². The molecule has 0 aromatic heterocycles. The molecule has 0 aliphatic heterocycles. The van der Waals surface area contributed by atoms with Crippen molar-refractivity contribution in [3.05, 3.63) is 69.8 Å². The first-order chi connectivity index (χ1) is 17.7. The van der Waals surface area contributed by atoms with Crippen molar-refractivity contribution in [2.24, 2.45) is 5.16 Å². The van der Waals surface area contributed by atoms with Crippen molar-refractivity contribution in [3.63, 3.8) is 0 Å². The van der Waals surface area contributed by atoms with E-state index in [1.54, 1.807) is 12.1 Å². The second kappa shape index (κ2) is 12.1. The van der Waals surface area contributed by atoms with Crippen LogP contribution in [0.15, 0.2) is 41.6 Å². The Morgan fingerprint density at radius 1 is 1.03 bits per heavy atom. The Hall–Kier alpha value is -2.87. The first kappa shape index (κ1) is 27.2. The highest BCUT2D eigenvalue weighted by Crippen LogP contribution is 2.42. The Morgan fingerprint density at radius 2 is 1.76 bits per heavy atom. The summed E-state index contributed by atoms with van der Waals surface area (Å²) in [5, 5.41) is 16.2. The van der Waals surface area contributed by atoms with Gasteiger partial charge in [0, 0.05) is 13.1 Å². The summed E-state index contributed by atoms with van der Waals surface area (Å²) in [7, 11) is 0. The molecule has 0 amide bonds. The van der Waals surface area contributed by atoms with E-state index in [1.807, 2.05) is 19.1 Å². The highest BCUT2D eigenvalue weighted by Gasteiger charge is 2.35. The molecule has 2 aliphatic carbocycles. The second-order valence-corrected chi connectivity index (χ2v) is 10.2. The highest BCUT2D eigenvalue weighted by molar-refractivity contribution is 5.98. The van der Waals surface area contributed by atoms with Crippen LogP contribution in [0.2, 0.25) is 0 Å². The molecule has 2 aromatic carbocycles. The molecule has 0 radical (unpaired) electrons. The van der Waals surface area contributed by atoms with Crippen LogP contribution in [0.5, 0.6) is 0 Å². The SMILES string of the molecule is C/C(=N\OCc1ccc(C2CCCCC2)c(C(F)(F)F)c1)c1ccc(CNCCC(=O)O)c(C2CC2)c1. The normalized spacial score (nSPS) is 17.1. The van der Waals surface area contributed by atoms with Gasteiger partial charge in [0.05, 0.1) is 17.7 Å². The lowest BCUT2D eigenvalue weighted by atomic mass is 9.81. The number of carboxylic acid groups (broad SMARTS) is 1. The van der Waals surface area contributed by atoms with Crippen molar-refractivity contribution >= 4 is 11.7 Å². The molecule has 2 aromatic rings. The lowest BCUT2D eigenvalue weighted by Crippen LogP contribution is -2.18. The maximum Gasteiger partial charge on any atom is 0.416 e. The third-order valence-corrected chi connectivity index (χ3v) is 7.31. The Balaban J connectivity index is 1.41. The summed E-state index contributed by atoms with van der Waals surface area (Å²) < 4.78 is 41.5. The second-order valence-electron chi connectivity index (χ2n) is 10.2. The van der Waals surface area contributed by atoms with E-state index in [-0.39, 0.29) is 18.9 Å². The van der Waals surface area contributed by atoms with Crippen molar-refractivity contribution in [1.29, 1.82) is 0 Å². The van der Waals surface area contributed by atoms with Gasteiger partial charge < -0.3 is 15.3 Å². The number of aliphatic carboxylic acids is 1. The molecule has 0 unspecified atom stereocenters. The highest BCUT2D eigenvalue weighted by atomic mass is 19.4. The fraction of sp³-hybridized carbons (Fsp3) is 0.517. The maximum atomic E-state index is 13.8. The topological polar surface area (TPSA) is 70.9 Å². The van der Waals surface area contributed by atoms with E-state index in [4.69, 9.17) is 9.94 Å². The van der Waals surface area contributed by atoms with Crippen LogP contribution in [0.4, 0.5) is 13.2 Å². The lowest BCUT2D eigenvalue weighted by molar-refractivity contribution is -0.139. The van der Waals surface area contributed by atoms with Crippen LogP contribution in [0.1, 0.15) is 104 Å². The summed E-state index contributed by atoms with van der Waals surface area (Å²) in [5.41, 5.74) is 4.22. The Morgan fingerprint density at radius 3 is 2.43 bits per heavy atom. The molecule has 4 rings (SSSR count). The molecular formula is C29H35F3N2O3. The molecule has 2 fully saturated rings. The number of nitrogens with zero attached hydrogens (tertiary/aromatic N) is 1. The molecule has 2 aliphatic rings.